The Morgan fingerprint density at radius 3 is 2.46 bits per heavy atom. The third-order valence-corrected chi connectivity index (χ3v) is 7.58. The lowest BCUT2D eigenvalue weighted by Crippen LogP contribution is -2.44. The highest BCUT2D eigenvalue weighted by molar-refractivity contribution is 7.22. The quantitative estimate of drug-likeness (QED) is 0.449. The summed E-state index contributed by atoms with van der Waals surface area (Å²) in [6.07, 6.45) is 1.60. The number of ether oxygens (including phenoxy) is 1. The average molecular weight is 493 g/mol. The summed E-state index contributed by atoms with van der Waals surface area (Å²) < 4.78 is 6.45. The molecule has 182 valence electrons. The van der Waals surface area contributed by atoms with Crippen LogP contribution in [0.25, 0.3) is 10.2 Å². The van der Waals surface area contributed by atoms with Crippen LogP contribution in [-0.2, 0) is 16.0 Å². The minimum absolute atomic E-state index is 0.305. The lowest BCUT2D eigenvalue weighted by atomic mass is 10.1. The van der Waals surface area contributed by atoms with Crippen LogP contribution in [0.1, 0.15) is 39.6 Å². The molecular weight excluding hydrogens is 464 g/mol. The molecule has 35 heavy (non-hydrogen) atoms. The van der Waals surface area contributed by atoms with Crippen LogP contribution in [0.2, 0.25) is 0 Å². The first kappa shape index (κ1) is 23.6. The summed E-state index contributed by atoms with van der Waals surface area (Å²) in [6, 6.07) is 12.8. The maximum atomic E-state index is 13.6. The fraction of sp³-hybridized carbons (Fsp3) is 0.385. The molecule has 2 aliphatic rings. The summed E-state index contributed by atoms with van der Waals surface area (Å²) in [6.45, 7) is 6.28. The molecule has 0 unspecified atom stereocenters. The van der Waals surface area contributed by atoms with Gasteiger partial charge in [0, 0.05) is 26.2 Å². The first-order chi connectivity index (χ1) is 17.1. The van der Waals surface area contributed by atoms with Crippen LogP contribution < -0.4 is 4.90 Å². The van der Waals surface area contributed by atoms with Crippen LogP contribution in [0.15, 0.2) is 42.5 Å². The van der Waals surface area contributed by atoms with E-state index in [0.29, 0.717) is 22.8 Å². The molecule has 0 N–H and O–H groups in total. The number of imide groups is 1. The Bertz CT molecular complexity index is 1230. The highest BCUT2D eigenvalue weighted by atomic mass is 32.1. The van der Waals surface area contributed by atoms with Gasteiger partial charge in [-0.25, -0.2) is 4.98 Å². The predicted octanol–water partition coefficient (Wildman–Crippen LogP) is 3.21. The Morgan fingerprint density at radius 1 is 1.06 bits per heavy atom. The van der Waals surface area contributed by atoms with Crippen molar-refractivity contribution in [3.8, 4) is 0 Å². The summed E-state index contributed by atoms with van der Waals surface area (Å²) in [4.78, 5) is 49.1. The van der Waals surface area contributed by atoms with Gasteiger partial charge in [0.05, 0.1) is 34.6 Å². The summed E-state index contributed by atoms with van der Waals surface area (Å²) in [5, 5.41) is 0.601. The molecule has 8 nitrogen and oxygen atoms in total. The molecule has 9 heteroatoms. The Labute approximate surface area is 208 Å². The van der Waals surface area contributed by atoms with Crippen molar-refractivity contribution in [1.29, 1.82) is 0 Å². The lowest BCUT2D eigenvalue weighted by molar-refractivity contribution is -0.119. The van der Waals surface area contributed by atoms with E-state index in [0.717, 1.165) is 66.4 Å². The minimum Gasteiger partial charge on any atom is -0.379 e. The number of aromatic nitrogens is 1. The molecule has 0 spiro atoms. The monoisotopic (exact) mass is 492 g/mol. The highest BCUT2D eigenvalue weighted by Gasteiger charge is 2.37. The van der Waals surface area contributed by atoms with Gasteiger partial charge in [0.2, 0.25) is 5.91 Å². The summed E-state index contributed by atoms with van der Waals surface area (Å²) >= 11 is 1.47. The van der Waals surface area contributed by atoms with Crippen LogP contribution in [0.5, 0.6) is 0 Å². The van der Waals surface area contributed by atoms with E-state index in [2.05, 4.69) is 17.9 Å². The van der Waals surface area contributed by atoms with Crippen LogP contribution in [0.4, 0.5) is 5.13 Å². The number of nitrogens with zero attached hydrogens (tertiary/aromatic N) is 4. The van der Waals surface area contributed by atoms with Crippen molar-refractivity contribution >= 4 is 44.4 Å². The van der Waals surface area contributed by atoms with Gasteiger partial charge < -0.3 is 4.74 Å². The molecule has 3 amide bonds. The fourth-order valence-corrected chi connectivity index (χ4v) is 5.66. The second-order valence-corrected chi connectivity index (χ2v) is 9.72. The van der Waals surface area contributed by atoms with E-state index in [4.69, 9.17) is 9.72 Å². The summed E-state index contributed by atoms with van der Waals surface area (Å²) in [7, 11) is 0. The molecule has 0 bridgehead atoms. The van der Waals surface area contributed by atoms with Crippen molar-refractivity contribution in [2.75, 3.05) is 50.8 Å². The Balaban J connectivity index is 1.38. The van der Waals surface area contributed by atoms with Crippen molar-refractivity contribution in [1.82, 2.24) is 14.8 Å². The zero-order valence-electron chi connectivity index (χ0n) is 19.7. The maximum absolute atomic E-state index is 13.6. The Morgan fingerprint density at radius 2 is 1.77 bits per heavy atom. The molecule has 1 fully saturated rings. The minimum atomic E-state index is -0.426. The van der Waals surface area contributed by atoms with Crippen LogP contribution in [-0.4, -0.2) is 78.4 Å². The van der Waals surface area contributed by atoms with Crippen molar-refractivity contribution in [3.05, 3.63) is 59.2 Å². The average Bonchev–Trinajstić information content (AvgIpc) is 3.42. The van der Waals surface area contributed by atoms with Gasteiger partial charge in [0.25, 0.3) is 11.8 Å². The molecule has 2 aromatic carbocycles. The molecule has 1 saturated heterocycles. The molecule has 0 aliphatic carbocycles. The number of hydrogen-bond acceptors (Lipinski definition) is 7. The van der Waals surface area contributed by atoms with Crippen molar-refractivity contribution < 1.29 is 19.1 Å². The molecule has 0 radical (unpaired) electrons. The second-order valence-electron chi connectivity index (χ2n) is 8.71. The van der Waals surface area contributed by atoms with E-state index < -0.39 is 11.8 Å². The second kappa shape index (κ2) is 10.2. The lowest BCUT2D eigenvalue weighted by Gasteiger charge is -2.28. The van der Waals surface area contributed by atoms with Crippen LogP contribution in [0.3, 0.4) is 0 Å². The standard InChI is InChI=1S/C26H28N4O4S/c1-2-18-7-5-10-21-23(18)27-26(35-21)29(12-6-11-28-13-15-34-16-14-28)22(31)17-30-24(32)19-8-3-4-9-20(19)25(30)33/h3-5,7-10H,2,6,11-17H2,1H3. The van der Waals surface area contributed by atoms with Gasteiger partial charge in [-0.15, -0.1) is 0 Å². The van der Waals surface area contributed by atoms with Gasteiger partial charge >= 0.3 is 0 Å². The Hall–Kier alpha value is -3.14. The molecule has 3 heterocycles. The molecule has 3 aromatic rings. The largest absolute Gasteiger partial charge is 0.379 e. The zero-order valence-corrected chi connectivity index (χ0v) is 20.6. The number of aryl methyl sites for hydroxylation is 1. The van der Waals surface area contributed by atoms with Crippen LogP contribution >= 0.6 is 11.3 Å². The normalized spacial score (nSPS) is 16.2. The number of fused-ring (bicyclic) bond motifs is 2. The van der Waals surface area contributed by atoms with Gasteiger partial charge in [0.15, 0.2) is 5.13 Å². The summed E-state index contributed by atoms with van der Waals surface area (Å²) in [5.41, 5.74) is 2.72. The van der Waals surface area contributed by atoms with E-state index in [1.54, 1.807) is 29.2 Å². The number of amides is 3. The van der Waals surface area contributed by atoms with Crippen molar-refractivity contribution in [2.24, 2.45) is 0 Å². The van der Waals surface area contributed by atoms with E-state index in [1.807, 2.05) is 12.1 Å². The molecular formula is C26H28N4O4S. The van der Waals surface area contributed by atoms with Crippen LogP contribution in [0, 0.1) is 0 Å². The third-order valence-electron chi connectivity index (χ3n) is 6.54. The number of carbonyl (C=O) groups excluding carboxylic acids is 3. The van der Waals surface area contributed by atoms with E-state index in [1.165, 1.54) is 11.3 Å². The van der Waals surface area contributed by atoms with E-state index in [9.17, 15) is 14.4 Å². The number of para-hydroxylation sites is 1. The van der Waals surface area contributed by atoms with Crippen molar-refractivity contribution in [3.63, 3.8) is 0 Å². The zero-order chi connectivity index (χ0) is 24.4. The number of rotatable bonds is 8. The number of thiazole rings is 1. The number of anilines is 1. The smallest absolute Gasteiger partial charge is 0.262 e. The van der Waals surface area contributed by atoms with Gasteiger partial charge in [-0.05, 0) is 36.6 Å². The molecule has 2 aliphatic heterocycles. The van der Waals surface area contributed by atoms with Gasteiger partial charge in [-0.3, -0.25) is 29.1 Å². The van der Waals surface area contributed by atoms with E-state index in [-0.39, 0.29) is 12.5 Å². The van der Waals surface area contributed by atoms with Gasteiger partial charge in [-0.2, -0.15) is 0 Å². The molecule has 0 atom stereocenters. The predicted molar refractivity (Wildman–Crippen MR) is 135 cm³/mol. The van der Waals surface area contributed by atoms with E-state index >= 15 is 0 Å². The summed E-state index contributed by atoms with van der Waals surface area (Å²) in [5.74, 6) is -1.16. The fourth-order valence-electron chi connectivity index (χ4n) is 4.60. The SMILES string of the molecule is CCc1cccc2sc(N(CCCN3CCOCC3)C(=O)CN3C(=O)c4ccccc4C3=O)nc12. The van der Waals surface area contributed by atoms with Gasteiger partial charge in [-0.1, -0.05) is 42.5 Å². The number of morpholine rings is 1. The molecule has 5 rings (SSSR count). The molecule has 1 aromatic heterocycles. The van der Waals surface area contributed by atoms with Gasteiger partial charge in [0.1, 0.15) is 6.54 Å². The number of hydrogen-bond donors (Lipinski definition) is 0. The molecule has 0 saturated carbocycles. The number of carbonyl (C=O) groups is 3. The first-order valence-electron chi connectivity index (χ1n) is 12.0. The third kappa shape index (κ3) is 4.71. The van der Waals surface area contributed by atoms with Crippen molar-refractivity contribution in [2.45, 2.75) is 19.8 Å². The topological polar surface area (TPSA) is 83.0 Å². The maximum Gasteiger partial charge on any atom is 0.262 e. The first-order valence-corrected chi connectivity index (χ1v) is 12.8. The number of benzene rings is 2. The Kier molecular flexibility index (Phi) is 6.90. The highest BCUT2D eigenvalue weighted by Crippen LogP contribution is 2.32.